The molecule has 0 amide bonds. The fourth-order valence-corrected chi connectivity index (χ4v) is 5.06. The van der Waals surface area contributed by atoms with E-state index in [4.69, 9.17) is 4.43 Å². The van der Waals surface area contributed by atoms with Crippen molar-refractivity contribution >= 4 is 14.1 Å². The molecular weight excluding hydrogens is 373 g/mol. The molecule has 28 heavy (non-hydrogen) atoms. The van der Waals surface area contributed by atoms with E-state index in [2.05, 4.69) is 49.0 Å². The Morgan fingerprint density at radius 2 is 2.00 bits per heavy atom. The van der Waals surface area contributed by atoms with Crippen LogP contribution >= 0.6 is 0 Å². The van der Waals surface area contributed by atoms with Gasteiger partial charge in [-0.25, -0.2) is 4.39 Å². The molecule has 0 spiro atoms. The molecule has 1 aliphatic heterocycles. The van der Waals surface area contributed by atoms with Crippen molar-refractivity contribution < 1.29 is 8.82 Å². The predicted molar refractivity (Wildman–Crippen MR) is 114 cm³/mol. The number of anilines is 1. The summed E-state index contributed by atoms with van der Waals surface area (Å²) in [4.78, 5) is 14.3. The molecular formula is C21H32FN3O2Si. The predicted octanol–water partition coefficient (Wildman–Crippen LogP) is 4.75. The molecule has 2 N–H and O–H groups in total. The van der Waals surface area contributed by atoms with Gasteiger partial charge in [0.2, 0.25) is 0 Å². The van der Waals surface area contributed by atoms with Crippen molar-refractivity contribution in [2.24, 2.45) is 0 Å². The van der Waals surface area contributed by atoms with E-state index in [0.29, 0.717) is 13.0 Å². The Labute approximate surface area is 167 Å². The molecule has 1 aliphatic rings. The van der Waals surface area contributed by atoms with E-state index < -0.39 is 8.32 Å². The molecule has 5 nitrogen and oxygen atoms in total. The largest absolute Gasteiger partial charge is 0.412 e. The summed E-state index contributed by atoms with van der Waals surface area (Å²) in [6.07, 6.45) is 1.44. The first-order valence-electron chi connectivity index (χ1n) is 10.0. The minimum Gasteiger partial charge on any atom is -0.412 e. The van der Waals surface area contributed by atoms with Crippen molar-refractivity contribution in [1.82, 2.24) is 10.2 Å². The number of nitrogens with zero attached hydrogens (tertiary/aromatic N) is 1. The van der Waals surface area contributed by atoms with E-state index in [0.717, 1.165) is 23.4 Å². The van der Waals surface area contributed by atoms with Gasteiger partial charge in [-0.15, -0.1) is 0 Å². The Kier molecular flexibility index (Phi) is 5.60. The van der Waals surface area contributed by atoms with Crippen LogP contribution in [-0.4, -0.2) is 31.2 Å². The van der Waals surface area contributed by atoms with Crippen LogP contribution < -0.4 is 10.5 Å². The molecule has 1 aromatic heterocycles. The van der Waals surface area contributed by atoms with Crippen LogP contribution in [0.4, 0.5) is 10.2 Å². The lowest BCUT2D eigenvalue weighted by Crippen LogP contribution is -2.44. The van der Waals surface area contributed by atoms with Crippen LogP contribution in [0.25, 0.3) is 0 Å². The van der Waals surface area contributed by atoms with Crippen LogP contribution in [0.5, 0.6) is 0 Å². The Morgan fingerprint density at radius 3 is 2.61 bits per heavy atom. The standard InChI is InChI=1S/C21H32FN3O2Si/c1-7-17-19(23-24-20(17)26)25-13-16(27-28(5,6)21(2,3)4)12-18(25)14-9-8-10-15(22)11-14/h8-11,16,18H,7,12-13H2,1-6H3,(H2,23,24,26)/t16-,18-/m1/s1. The monoisotopic (exact) mass is 405 g/mol. The number of aromatic amines is 2. The molecule has 1 fully saturated rings. The first-order valence-corrected chi connectivity index (χ1v) is 12.9. The van der Waals surface area contributed by atoms with Gasteiger partial charge < -0.3 is 9.33 Å². The van der Waals surface area contributed by atoms with Gasteiger partial charge in [0.1, 0.15) is 11.6 Å². The summed E-state index contributed by atoms with van der Waals surface area (Å²) < 4.78 is 20.6. The number of H-pyrrole nitrogens is 2. The summed E-state index contributed by atoms with van der Waals surface area (Å²) in [7, 11) is -1.94. The lowest BCUT2D eigenvalue weighted by molar-refractivity contribution is 0.198. The summed E-state index contributed by atoms with van der Waals surface area (Å²) in [5.74, 6) is 0.549. The van der Waals surface area contributed by atoms with Gasteiger partial charge in [-0.3, -0.25) is 15.0 Å². The van der Waals surface area contributed by atoms with Crippen LogP contribution in [0.3, 0.4) is 0 Å². The SMILES string of the molecule is CCc1c(N2C[C@H](O[Si](C)(C)C(C)(C)C)C[C@@H]2c2cccc(F)c2)[nH][nH]c1=O. The van der Waals surface area contributed by atoms with Gasteiger partial charge in [0.15, 0.2) is 8.32 Å². The van der Waals surface area contributed by atoms with Crippen LogP contribution in [-0.2, 0) is 10.8 Å². The molecule has 154 valence electrons. The molecule has 0 radical (unpaired) electrons. The minimum atomic E-state index is -1.94. The third kappa shape index (κ3) is 3.96. The molecule has 0 bridgehead atoms. The van der Waals surface area contributed by atoms with Gasteiger partial charge in [-0.1, -0.05) is 39.8 Å². The van der Waals surface area contributed by atoms with E-state index in [9.17, 15) is 9.18 Å². The average Bonchev–Trinajstić information content (AvgIpc) is 3.16. The second kappa shape index (κ2) is 7.52. The van der Waals surface area contributed by atoms with Crippen molar-refractivity contribution in [2.45, 2.75) is 70.8 Å². The van der Waals surface area contributed by atoms with Crippen molar-refractivity contribution in [3.05, 3.63) is 51.6 Å². The molecule has 0 unspecified atom stereocenters. The number of aromatic nitrogens is 2. The smallest absolute Gasteiger partial charge is 0.269 e. The molecule has 1 saturated heterocycles. The van der Waals surface area contributed by atoms with Gasteiger partial charge in [-0.05, 0) is 48.7 Å². The van der Waals surface area contributed by atoms with Gasteiger partial charge in [0.05, 0.1) is 17.7 Å². The van der Waals surface area contributed by atoms with E-state index >= 15 is 0 Å². The maximum atomic E-state index is 13.9. The fraction of sp³-hybridized carbons (Fsp3) is 0.571. The molecule has 0 aliphatic carbocycles. The number of nitrogens with one attached hydrogen (secondary N) is 2. The minimum absolute atomic E-state index is 0.0391. The first-order chi connectivity index (χ1) is 13.0. The maximum Gasteiger partial charge on any atom is 0.269 e. The highest BCUT2D eigenvalue weighted by molar-refractivity contribution is 6.74. The first kappa shape index (κ1) is 20.9. The molecule has 7 heteroatoms. The lowest BCUT2D eigenvalue weighted by Gasteiger charge is -2.38. The van der Waals surface area contributed by atoms with E-state index in [1.807, 2.05) is 13.0 Å². The molecule has 1 aromatic carbocycles. The average molecular weight is 406 g/mol. The Bertz CT molecular complexity index is 884. The summed E-state index contributed by atoms with van der Waals surface area (Å²) in [5, 5.41) is 5.87. The molecule has 2 heterocycles. The zero-order valence-electron chi connectivity index (χ0n) is 17.7. The molecule has 0 saturated carbocycles. The summed E-state index contributed by atoms with van der Waals surface area (Å²) >= 11 is 0. The Balaban J connectivity index is 1.96. The fourth-order valence-electron chi connectivity index (χ4n) is 3.70. The van der Waals surface area contributed by atoms with E-state index in [1.54, 1.807) is 12.1 Å². The number of halogens is 1. The van der Waals surface area contributed by atoms with Gasteiger partial charge >= 0.3 is 0 Å². The third-order valence-corrected chi connectivity index (χ3v) is 10.8. The van der Waals surface area contributed by atoms with Crippen LogP contribution in [0, 0.1) is 5.82 Å². The van der Waals surface area contributed by atoms with E-state index in [-0.39, 0.29) is 28.6 Å². The topological polar surface area (TPSA) is 61.1 Å². The van der Waals surface area contributed by atoms with Crippen LogP contribution in [0.1, 0.15) is 51.3 Å². The highest BCUT2D eigenvalue weighted by Crippen LogP contribution is 2.42. The highest BCUT2D eigenvalue weighted by Gasteiger charge is 2.43. The summed E-state index contributed by atoms with van der Waals surface area (Å²) in [6.45, 7) is 13.8. The van der Waals surface area contributed by atoms with Gasteiger partial charge in [-0.2, -0.15) is 0 Å². The Hall–Kier alpha value is -1.86. The summed E-state index contributed by atoms with van der Waals surface area (Å²) in [5.41, 5.74) is 1.55. The highest BCUT2D eigenvalue weighted by atomic mass is 28.4. The van der Waals surface area contributed by atoms with Crippen molar-refractivity contribution in [3.63, 3.8) is 0 Å². The van der Waals surface area contributed by atoms with Crippen LogP contribution in [0.15, 0.2) is 29.1 Å². The quantitative estimate of drug-likeness (QED) is 0.706. The number of rotatable bonds is 5. The van der Waals surface area contributed by atoms with Crippen molar-refractivity contribution in [1.29, 1.82) is 0 Å². The second-order valence-electron chi connectivity index (χ2n) is 9.22. The normalized spacial score (nSPS) is 20.8. The zero-order valence-corrected chi connectivity index (χ0v) is 18.7. The Morgan fingerprint density at radius 1 is 1.29 bits per heavy atom. The zero-order chi connectivity index (χ0) is 20.7. The number of hydrogen-bond acceptors (Lipinski definition) is 3. The van der Waals surface area contributed by atoms with E-state index in [1.165, 1.54) is 6.07 Å². The molecule has 2 aromatic rings. The second-order valence-corrected chi connectivity index (χ2v) is 14.0. The van der Waals surface area contributed by atoms with Crippen molar-refractivity contribution in [3.8, 4) is 0 Å². The molecule has 2 atom stereocenters. The number of hydrogen-bond donors (Lipinski definition) is 2. The molecule has 3 rings (SSSR count). The van der Waals surface area contributed by atoms with Gasteiger partial charge in [0, 0.05) is 6.54 Å². The maximum absolute atomic E-state index is 13.9. The third-order valence-electron chi connectivity index (χ3n) is 6.26. The van der Waals surface area contributed by atoms with Crippen molar-refractivity contribution in [2.75, 3.05) is 11.4 Å². The lowest BCUT2D eigenvalue weighted by atomic mass is 10.0. The van der Waals surface area contributed by atoms with Gasteiger partial charge in [0.25, 0.3) is 5.56 Å². The summed E-state index contributed by atoms with van der Waals surface area (Å²) in [6, 6.07) is 6.70. The van der Waals surface area contributed by atoms with Crippen LogP contribution in [0.2, 0.25) is 18.1 Å². The number of benzene rings is 1.